The first-order valence-electron chi connectivity index (χ1n) is 6.23. The molecule has 0 fully saturated rings. The third-order valence-corrected chi connectivity index (χ3v) is 4.11. The summed E-state index contributed by atoms with van der Waals surface area (Å²) in [5.74, 6) is 0.424. The second kappa shape index (κ2) is 5.61. The molecule has 1 N–H and O–H groups in total. The highest BCUT2D eigenvalue weighted by Crippen LogP contribution is 2.26. The Bertz CT molecular complexity index is 638. The molecule has 0 aliphatic rings. The number of carbonyl (C=O) groups is 1. The molecule has 0 unspecified atom stereocenters. The molecule has 0 spiro atoms. The molecule has 0 aliphatic carbocycles. The summed E-state index contributed by atoms with van der Waals surface area (Å²) < 4.78 is 0. The summed E-state index contributed by atoms with van der Waals surface area (Å²) in [6.45, 7) is 6.21. The highest BCUT2D eigenvalue weighted by Gasteiger charge is 2.08. The molecular formula is C15H18N2OS. The summed E-state index contributed by atoms with van der Waals surface area (Å²) in [5.41, 5.74) is 4.57. The fraction of sp³-hybridized carbons (Fsp3) is 0.333. The van der Waals surface area contributed by atoms with Gasteiger partial charge in [-0.2, -0.15) is 0 Å². The van der Waals surface area contributed by atoms with Gasteiger partial charge in [0.15, 0.2) is 0 Å². The third-order valence-electron chi connectivity index (χ3n) is 3.02. The second-order valence-corrected chi connectivity index (χ2v) is 5.69. The van der Waals surface area contributed by atoms with Gasteiger partial charge in [0.2, 0.25) is 5.91 Å². The fourth-order valence-electron chi connectivity index (χ4n) is 2.09. The second-order valence-electron chi connectivity index (χ2n) is 4.73. The summed E-state index contributed by atoms with van der Waals surface area (Å²) in [6.07, 6.45) is 0. The van der Waals surface area contributed by atoms with E-state index < -0.39 is 0 Å². The lowest BCUT2D eigenvalue weighted by atomic mass is 10.1. The molecule has 100 valence electrons. The first-order valence-corrected chi connectivity index (χ1v) is 7.22. The number of thioether (sulfide) groups is 1. The van der Waals surface area contributed by atoms with Gasteiger partial charge in [0.25, 0.3) is 0 Å². The Morgan fingerprint density at radius 1 is 1.21 bits per heavy atom. The number of pyridine rings is 1. The largest absolute Gasteiger partial charge is 0.358 e. The van der Waals surface area contributed by atoms with Crippen molar-refractivity contribution in [1.29, 1.82) is 0 Å². The maximum absolute atomic E-state index is 11.3. The van der Waals surface area contributed by atoms with Crippen LogP contribution in [0, 0.1) is 20.8 Å². The first-order chi connectivity index (χ1) is 9.01. The van der Waals surface area contributed by atoms with Crippen molar-refractivity contribution >= 4 is 28.6 Å². The average Bonchev–Trinajstić information content (AvgIpc) is 2.36. The van der Waals surface area contributed by atoms with E-state index in [2.05, 4.69) is 37.4 Å². The minimum Gasteiger partial charge on any atom is -0.358 e. The number of fused-ring (bicyclic) bond motifs is 1. The third kappa shape index (κ3) is 3.07. The molecular weight excluding hydrogens is 256 g/mol. The minimum atomic E-state index is 0.0203. The summed E-state index contributed by atoms with van der Waals surface area (Å²) in [6, 6.07) is 6.43. The fourth-order valence-corrected chi connectivity index (χ4v) is 2.95. The van der Waals surface area contributed by atoms with E-state index in [4.69, 9.17) is 4.98 Å². The Kier molecular flexibility index (Phi) is 4.10. The van der Waals surface area contributed by atoms with E-state index in [-0.39, 0.29) is 5.91 Å². The molecule has 1 aromatic carbocycles. The molecule has 1 amide bonds. The van der Waals surface area contributed by atoms with Crippen LogP contribution in [0.15, 0.2) is 23.2 Å². The normalized spacial score (nSPS) is 10.7. The number of benzene rings is 1. The van der Waals surface area contributed by atoms with Crippen molar-refractivity contribution in [2.75, 3.05) is 12.8 Å². The summed E-state index contributed by atoms with van der Waals surface area (Å²) in [7, 11) is 1.65. The maximum Gasteiger partial charge on any atom is 0.230 e. The van der Waals surface area contributed by atoms with Gasteiger partial charge in [0, 0.05) is 12.4 Å². The number of nitrogens with one attached hydrogen (secondary N) is 1. The lowest BCUT2D eigenvalue weighted by molar-refractivity contribution is -0.118. The van der Waals surface area contributed by atoms with Crippen molar-refractivity contribution in [1.82, 2.24) is 10.3 Å². The van der Waals surface area contributed by atoms with Gasteiger partial charge in [0.1, 0.15) is 5.03 Å². The van der Waals surface area contributed by atoms with Crippen molar-refractivity contribution in [3.8, 4) is 0 Å². The molecule has 2 aromatic rings. The van der Waals surface area contributed by atoms with Crippen LogP contribution in [0.3, 0.4) is 0 Å². The van der Waals surface area contributed by atoms with Gasteiger partial charge in [-0.25, -0.2) is 4.98 Å². The van der Waals surface area contributed by atoms with Crippen LogP contribution in [0.4, 0.5) is 0 Å². The van der Waals surface area contributed by atoms with Crippen LogP contribution in [0.2, 0.25) is 0 Å². The molecule has 0 radical (unpaired) electrons. The number of hydrogen-bond donors (Lipinski definition) is 1. The molecule has 0 bridgehead atoms. The smallest absolute Gasteiger partial charge is 0.230 e. The SMILES string of the molecule is CNC(=O)CSc1nc2c(C)cc(C)cc2cc1C. The number of hydrogen-bond acceptors (Lipinski definition) is 3. The van der Waals surface area contributed by atoms with Crippen LogP contribution in [0.5, 0.6) is 0 Å². The Morgan fingerprint density at radius 2 is 1.95 bits per heavy atom. The van der Waals surface area contributed by atoms with Gasteiger partial charge in [-0.15, -0.1) is 0 Å². The minimum absolute atomic E-state index is 0.0203. The molecule has 1 aromatic heterocycles. The topological polar surface area (TPSA) is 42.0 Å². The lowest BCUT2D eigenvalue weighted by Gasteiger charge is -2.09. The molecule has 3 nitrogen and oxygen atoms in total. The van der Waals surface area contributed by atoms with E-state index in [1.807, 2.05) is 6.92 Å². The quantitative estimate of drug-likeness (QED) is 0.875. The predicted molar refractivity (Wildman–Crippen MR) is 80.7 cm³/mol. The van der Waals surface area contributed by atoms with Crippen LogP contribution in [-0.4, -0.2) is 23.7 Å². The van der Waals surface area contributed by atoms with Crippen LogP contribution in [-0.2, 0) is 4.79 Å². The zero-order valence-electron chi connectivity index (χ0n) is 11.7. The van der Waals surface area contributed by atoms with Crippen LogP contribution in [0.25, 0.3) is 10.9 Å². The number of aromatic nitrogens is 1. The van der Waals surface area contributed by atoms with E-state index in [1.165, 1.54) is 28.3 Å². The monoisotopic (exact) mass is 274 g/mol. The number of rotatable bonds is 3. The van der Waals surface area contributed by atoms with Crippen molar-refractivity contribution in [3.05, 3.63) is 34.9 Å². The van der Waals surface area contributed by atoms with E-state index in [0.29, 0.717) is 5.75 Å². The molecule has 19 heavy (non-hydrogen) atoms. The highest BCUT2D eigenvalue weighted by molar-refractivity contribution is 7.99. The molecule has 4 heteroatoms. The van der Waals surface area contributed by atoms with Crippen molar-refractivity contribution < 1.29 is 4.79 Å². The summed E-state index contributed by atoms with van der Waals surface area (Å²) >= 11 is 1.48. The Balaban J connectivity index is 2.40. The maximum atomic E-state index is 11.3. The number of nitrogens with zero attached hydrogens (tertiary/aromatic N) is 1. The molecule has 0 saturated heterocycles. The van der Waals surface area contributed by atoms with E-state index >= 15 is 0 Å². The molecule has 0 saturated carbocycles. The summed E-state index contributed by atoms with van der Waals surface area (Å²) in [5, 5.41) is 4.72. The van der Waals surface area contributed by atoms with Crippen molar-refractivity contribution in [2.24, 2.45) is 0 Å². The van der Waals surface area contributed by atoms with Gasteiger partial charge in [-0.1, -0.05) is 23.4 Å². The average molecular weight is 274 g/mol. The Labute approximate surface area is 117 Å². The van der Waals surface area contributed by atoms with Gasteiger partial charge in [-0.05, 0) is 44.0 Å². The number of aryl methyl sites for hydroxylation is 3. The summed E-state index contributed by atoms with van der Waals surface area (Å²) in [4.78, 5) is 16.0. The van der Waals surface area contributed by atoms with E-state index in [0.717, 1.165) is 16.1 Å². The zero-order chi connectivity index (χ0) is 14.0. The highest BCUT2D eigenvalue weighted by atomic mass is 32.2. The van der Waals surface area contributed by atoms with Crippen molar-refractivity contribution in [2.45, 2.75) is 25.8 Å². The first kappa shape index (κ1) is 13.9. The van der Waals surface area contributed by atoms with Crippen LogP contribution < -0.4 is 5.32 Å². The number of carbonyl (C=O) groups excluding carboxylic acids is 1. The van der Waals surface area contributed by atoms with E-state index in [9.17, 15) is 4.79 Å². The molecule has 0 atom stereocenters. The van der Waals surface area contributed by atoms with Gasteiger partial charge in [-0.3, -0.25) is 4.79 Å². The Hall–Kier alpha value is -1.55. The lowest BCUT2D eigenvalue weighted by Crippen LogP contribution is -2.19. The number of amides is 1. The molecule has 0 aliphatic heterocycles. The standard InChI is InChI=1S/C15H18N2OS/c1-9-5-10(2)14-12(6-9)7-11(3)15(17-14)19-8-13(18)16-4/h5-7H,8H2,1-4H3,(H,16,18). The van der Waals surface area contributed by atoms with E-state index in [1.54, 1.807) is 7.05 Å². The van der Waals surface area contributed by atoms with Gasteiger partial charge >= 0.3 is 0 Å². The molecule has 1 heterocycles. The van der Waals surface area contributed by atoms with Crippen LogP contribution >= 0.6 is 11.8 Å². The van der Waals surface area contributed by atoms with Crippen LogP contribution in [0.1, 0.15) is 16.7 Å². The van der Waals surface area contributed by atoms with Gasteiger partial charge < -0.3 is 5.32 Å². The predicted octanol–water partition coefficient (Wildman–Crippen LogP) is 3.00. The Morgan fingerprint density at radius 3 is 2.63 bits per heavy atom. The molecule has 2 rings (SSSR count). The van der Waals surface area contributed by atoms with Gasteiger partial charge in [0.05, 0.1) is 11.3 Å². The van der Waals surface area contributed by atoms with Crippen molar-refractivity contribution in [3.63, 3.8) is 0 Å². The zero-order valence-corrected chi connectivity index (χ0v) is 12.5.